The Morgan fingerprint density at radius 3 is 2.40 bits per heavy atom. The summed E-state index contributed by atoms with van der Waals surface area (Å²) >= 11 is 0. The van der Waals surface area contributed by atoms with Gasteiger partial charge < -0.3 is 4.74 Å². The molecule has 0 unspecified atom stereocenters. The fourth-order valence-electron chi connectivity index (χ4n) is 3.38. The molecule has 0 aliphatic heterocycles. The lowest BCUT2D eigenvalue weighted by molar-refractivity contribution is 0.383. The quantitative estimate of drug-likeness (QED) is 0.646. The summed E-state index contributed by atoms with van der Waals surface area (Å²) < 4.78 is 5.79. The Labute approximate surface area is 123 Å². The van der Waals surface area contributed by atoms with Crippen LogP contribution in [0.1, 0.15) is 54.7 Å². The van der Waals surface area contributed by atoms with Gasteiger partial charge in [0.25, 0.3) is 0 Å². The maximum absolute atomic E-state index is 5.79. The SMILES string of the molecule is C=CCc1ccc(C2CCCCC2)c(OC)c1CC=C. The first-order valence-corrected chi connectivity index (χ1v) is 7.72. The van der Waals surface area contributed by atoms with Crippen molar-refractivity contribution in [3.63, 3.8) is 0 Å². The fourth-order valence-corrected chi connectivity index (χ4v) is 3.38. The molecule has 0 saturated heterocycles. The second-order valence-electron chi connectivity index (χ2n) is 5.65. The third-order valence-electron chi connectivity index (χ3n) is 4.35. The van der Waals surface area contributed by atoms with Crippen LogP contribution in [0.5, 0.6) is 5.75 Å². The molecule has 1 aliphatic carbocycles. The van der Waals surface area contributed by atoms with Crippen molar-refractivity contribution in [1.29, 1.82) is 0 Å². The van der Waals surface area contributed by atoms with E-state index >= 15 is 0 Å². The minimum absolute atomic E-state index is 0.667. The van der Waals surface area contributed by atoms with E-state index in [1.165, 1.54) is 48.8 Å². The van der Waals surface area contributed by atoms with Crippen LogP contribution in [-0.4, -0.2) is 7.11 Å². The molecule has 1 aliphatic rings. The average molecular weight is 270 g/mol. The molecule has 1 heteroatoms. The van der Waals surface area contributed by atoms with Gasteiger partial charge in [0, 0.05) is 5.56 Å². The van der Waals surface area contributed by atoms with Crippen molar-refractivity contribution in [1.82, 2.24) is 0 Å². The molecule has 108 valence electrons. The molecular weight excluding hydrogens is 244 g/mol. The molecule has 20 heavy (non-hydrogen) atoms. The third kappa shape index (κ3) is 3.15. The monoisotopic (exact) mass is 270 g/mol. The number of benzene rings is 1. The van der Waals surface area contributed by atoms with Crippen LogP contribution >= 0.6 is 0 Å². The molecule has 2 rings (SSSR count). The molecule has 0 radical (unpaired) electrons. The summed E-state index contributed by atoms with van der Waals surface area (Å²) in [6.45, 7) is 7.75. The Kier molecular flexibility index (Phi) is 5.46. The number of rotatable bonds is 6. The first-order chi connectivity index (χ1) is 9.81. The molecule has 0 spiro atoms. The predicted octanol–water partition coefficient (Wildman–Crippen LogP) is 5.20. The van der Waals surface area contributed by atoms with E-state index in [4.69, 9.17) is 4.74 Å². The van der Waals surface area contributed by atoms with E-state index in [0.717, 1.165) is 18.6 Å². The standard InChI is InChI=1S/C19H26O/c1-4-9-15-13-14-18(16-11-7-6-8-12-16)19(20-3)17(15)10-5-2/h4-5,13-14,16H,1-2,6-12H2,3H3. The van der Waals surface area contributed by atoms with Gasteiger partial charge in [-0.1, -0.05) is 43.5 Å². The van der Waals surface area contributed by atoms with Crippen LogP contribution in [0.2, 0.25) is 0 Å². The smallest absolute Gasteiger partial charge is 0.126 e. The van der Waals surface area contributed by atoms with Crippen LogP contribution in [0, 0.1) is 0 Å². The van der Waals surface area contributed by atoms with Crippen LogP contribution in [-0.2, 0) is 12.8 Å². The van der Waals surface area contributed by atoms with Gasteiger partial charge in [-0.15, -0.1) is 13.2 Å². The van der Waals surface area contributed by atoms with Gasteiger partial charge in [0.2, 0.25) is 0 Å². The Bertz CT molecular complexity index is 467. The molecule has 1 nitrogen and oxygen atoms in total. The molecule has 0 aromatic heterocycles. The van der Waals surface area contributed by atoms with E-state index in [9.17, 15) is 0 Å². The van der Waals surface area contributed by atoms with Crippen molar-refractivity contribution in [2.75, 3.05) is 7.11 Å². The number of allylic oxidation sites excluding steroid dienone is 2. The number of methoxy groups -OCH3 is 1. The van der Waals surface area contributed by atoms with Crippen molar-refractivity contribution in [3.05, 3.63) is 54.1 Å². The van der Waals surface area contributed by atoms with Crippen molar-refractivity contribution in [3.8, 4) is 5.75 Å². The zero-order valence-electron chi connectivity index (χ0n) is 12.7. The molecular formula is C19H26O. The van der Waals surface area contributed by atoms with E-state index in [-0.39, 0.29) is 0 Å². The largest absolute Gasteiger partial charge is 0.496 e. The Balaban J connectivity index is 2.43. The van der Waals surface area contributed by atoms with Crippen LogP contribution in [0.4, 0.5) is 0 Å². The molecule has 0 atom stereocenters. The molecule has 0 bridgehead atoms. The zero-order chi connectivity index (χ0) is 14.4. The highest BCUT2D eigenvalue weighted by Gasteiger charge is 2.21. The molecule has 1 aromatic rings. The van der Waals surface area contributed by atoms with Gasteiger partial charge in [0.1, 0.15) is 5.75 Å². The highest BCUT2D eigenvalue weighted by Crippen LogP contribution is 2.40. The summed E-state index contributed by atoms with van der Waals surface area (Å²) in [5.74, 6) is 1.76. The Morgan fingerprint density at radius 2 is 1.80 bits per heavy atom. The summed E-state index contributed by atoms with van der Waals surface area (Å²) in [7, 11) is 1.80. The van der Waals surface area contributed by atoms with Crippen LogP contribution < -0.4 is 4.74 Å². The second kappa shape index (κ2) is 7.33. The van der Waals surface area contributed by atoms with Crippen LogP contribution in [0.25, 0.3) is 0 Å². The van der Waals surface area contributed by atoms with Gasteiger partial charge in [0.15, 0.2) is 0 Å². The van der Waals surface area contributed by atoms with Gasteiger partial charge in [-0.3, -0.25) is 0 Å². The van der Waals surface area contributed by atoms with E-state index in [1.54, 1.807) is 7.11 Å². The van der Waals surface area contributed by atoms with Gasteiger partial charge >= 0.3 is 0 Å². The maximum atomic E-state index is 5.79. The van der Waals surface area contributed by atoms with Crippen molar-refractivity contribution in [2.24, 2.45) is 0 Å². The number of hydrogen-bond acceptors (Lipinski definition) is 1. The lowest BCUT2D eigenvalue weighted by Crippen LogP contribution is -2.09. The molecule has 0 heterocycles. The highest BCUT2D eigenvalue weighted by atomic mass is 16.5. The molecule has 1 aromatic carbocycles. The lowest BCUT2D eigenvalue weighted by atomic mass is 9.82. The Hall–Kier alpha value is -1.50. The van der Waals surface area contributed by atoms with Crippen LogP contribution in [0.15, 0.2) is 37.4 Å². The number of ether oxygens (including phenoxy) is 1. The van der Waals surface area contributed by atoms with Crippen molar-refractivity contribution < 1.29 is 4.74 Å². The topological polar surface area (TPSA) is 9.23 Å². The second-order valence-corrected chi connectivity index (χ2v) is 5.65. The highest BCUT2D eigenvalue weighted by molar-refractivity contribution is 5.49. The summed E-state index contributed by atoms with van der Waals surface area (Å²) in [4.78, 5) is 0. The van der Waals surface area contributed by atoms with Gasteiger partial charge in [0.05, 0.1) is 7.11 Å². The van der Waals surface area contributed by atoms with Crippen molar-refractivity contribution in [2.45, 2.75) is 50.9 Å². The molecule has 0 amide bonds. The van der Waals surface area contributed by atoms with E-state index in [2.05, 4.69) is 25.3 Å². The molecule has 0 N–H and O–H groups in total. The fraction of sp³-hybridized carbons (Fsp3) is 0.474. The van der Waals surface area contributed by atoms with E-state index in [0.29, 0.717) is 5.92 Å². The van der Waals surface area contributed by atoms with Crippen LogP contribution in [0.3, 0.4) is 0 Å². The predicted molar refractivity (Wildman–Crippen MR) is 86.6 cm³/mol. The average Bonchev–Trinajstić information content (AvgIpc) is 2.50. The van der Waals surface area contributed by atoms with Gasteiger partial charge in [-0.05, 0) is 42.7 Å². The maximum Gasteiger partial charge on any atom is 0.126 e. The minimum atomic E-state index is 0.667. The minimum Gasteiger partial charge on any atom is -0.496 e. The zero-order valence-corrected chi connectivity index (χ0v) is 12.7. The van der Waals surface area contributed by atoms with Gasteiger partial charge in [-0.25, -0.2) is 0 Å². The van der Waals surface area contributed by atoms with E-state index in [1.807, 2.05) is 12.2 Å². The number of hydrogen-bond donors (Lipinski definition) is 0. The van der Waals surface area contributed by atoms with Crippen molar-refractivity contribution >= 4 is 0 Å². The summed E-state index contributed by atoms with van der Waals surface area (Å²) in [5.41, 5.74) is 4.01. The summed E-state index contributed by atoms with van der Waals surface area (Å²) in [5, 5.41) is 0. The molecule has 1 fully saturated rings. The van der Waals surface area contributed by atoms with E-state index < -0.39 is 0 Å². The molecule has 1 saturated carbocycles. The lowest BCUT2D eigenvalue weighted by Gasteiger charge is -2.26. The third-order valence-corrected chi connectivity index (χ3v) is 4.35. The van der Waals surface area contributed by atoms with Gasteiger partial charge in [-0.2, -0.15) is 0 Å². The Morgan fingerprint density at radius 1 is 1.10 bits per heavy atom. The first kappa shape index (κ1) is 14.9. The summed E-state index contributed by atoms with van der Waals surface area (Å²) in [6.07, 6.45) is 12.4. The summed E-state index contributed by atoms with van der Waals surface area (Å²) in [6, 6.07) is 4.53. The first-order valence-electron chi connectivity index (χ1n) is 7.72. The normalized spacial score (nSPS) is 15.8.